The summed E-state index contributed by atoms with van der Waals surface area (Å²) in [5.74, 6) is -2.12. The molecule has 9 nitrogen and oxygen atoms in total. The standard InChI is InChI=1S/C9H9N3O6/c10-9(15)6-3-5(12(16)17)1-2-7(6)11-18-4-8(13)14/h1-3,11H,4H2,(H2,10,15)(H,13,14). The second-order valence-electron chi connectivity index (χ2n) is 3.14. The molecule has 0 aliphatic rings. The Morgan fingerprint density at radius 2 is 2.17 bits per heavy atom. The Bertz CT molecular complexity index is 501. The minimum atomic E-state index is -1.22. The molecule has 0 radical (unpaired) electrons. The molecule has 0 fully saturated rings. The number of anilines is 1. The number of amides is 1. The highest BCUT2D eigenvalue weighted by molar-refractivity contribution is 5.99. The molecule has 1 amide bonds. The van der Waals surface area contributed by atoms with Crippen molar-refractivity contribution in [1.82, 2.24) is 0 Å². The number of carbonyl (C=O) groups is 2. The Morgan fingerprint density at radius 3 is 2.67 bits per heavy atom. The van der Waals surface area contributed by atoms with Crippen LogP contribution < -0.4 is 11.2 Å². The van der Waals surface area contributed by atoms with Crippen LogP contribution in [0.1, 0.15) is 10.4 Å². The summed E-state index contributed by atoms with van der Waals surface area (Å²) in [6.07, 6.45) is 0. The van der Waals surface area contributed by atoms with Gasteiger partial charge in [-0.2, -0.15) is 0 Å². The molecule has 18 heavy (non-hydrogen) atoms. The second-order valence-corrected chi connectivity index (χ2v) is 3.14. The van der Waals surface area contributed by atoms with Gasteiger partial charge in [-0.15, -0.1) is 0 Å². The second kappa shape index (κ2) is 5.59. The van der Waals surface area contributed by atoms with E-state index < -0.39 is 23.4 Å². The molecule has 4 N–H and O–H groups in total. The molecule has 0 spiro atoms. The zero-order valence-electron chi connectivity index (χ0n) is 8.95. The first-order valence-electron chi connectivity index (χ1n) is 4.59. The topological polar surface area (TPSA) is 145 Å². The number of non-ortho nitro benzene ring substituents is 1. The van der Waals surface area contributed by atoms with Crippen LogP contribution in [0.4, 0.5) is 11.4 Å². The van der Waals surface area contributed by atoms with E-state index in [0.29, 0.717) is 0 Å². The minimum absolute atomic E-state index is 0.0503. The number of carboxylic acids is 1. The number of nitrogens with one attached hydrogen (secondary N) is 1. The molecule has 9 heteroatoms. The van der Waals surface area contributed by atoms with Gasteiger partial charge in [0.05, 0.1) is 16.2 Å². The SMILES string of the molecule is NC(=O)c1cc([N+](=O)[O-])ccc1NOCC(=O)O. The quantitative estimate of drug-likeness (QED) is 0.483. The van der Waals surface area contributed by atoms with Crippen LogP contribution in [0.15, 0.2) is 18.2 Å². The Morgan fingerprint density at radius 1 is 1.50 bits per heavy atom. The number of benzene rings is 1. The number of nitrogens with zero attached hydrogens (tertiary/aromatic N) is 1. The van der Waals surface area contributed by atoms with Gasteiger partial charge in [-0.05, 0) is 6.07 Å². The molecule has 96 valence electrons. The number of nitro benzene ring substituents is 1. The van der Waals surface area contributed by atoms with Gasteiger partial charge in [-0.3, -0.25) is 25.2 Å². The van der Waals surface area contributed by atoms with E-state index in [9.17, 15) is 19.7 Å². The summed E-state index contributed by atoms with van der Waals surface area (Å²) in [6, 6.07) is 3.29. The molecule has 1 rings (SSSR count). The molecule has 0 saturated carbocycles. The first kappa shape index (κ1) is 13.4. The molecular formula is C9H9N3O6. The highest BCUT2D eigenvalue weighted by Crippen LogP contribution is 2.21. The molecular weight excluding hydrogens is 246 g/mol. The summed E-state index contributed by atoms with van der Waals surface area (Å²) in [7, 11) is 0. The fourth-order valence-corrected chi connectivity index (χ4v) is 1.11. The van der Waals surface area contributed by atoms with E-state index in [1.165, 1.54) is 6.07 Å². The molecule has 1 aromatic rings. The smallest absolute Gasteiger partial charge is 0.332 e. The maximum Gasteiger partial charge on any atom is 0.332 e. The highest BCUT2D eigenvalue weighted by atomic mass is 16.7. The van der Waals surface area contributed by atoms with Gasteiger partial charge in [0.2, 0.25) is 0 Å². The maximum atomic E-state index is 11.1. The van der Waals surface area contributed by atoms with Gasteiger partial charge >= 0.3 is 5.97 Å². The van der Waals surface area contributed by atoms with Crippen molar-refractivity contribution in [3.63, 3.8) is 0 Å². The van der Waals surface area contributed by atoms with Crippen molar-refractivity contribution in [1.29, 1.82) is 0 Å². The summed E-state index contributed by atoms with van der Waals surface area (Å²) < 4.78 is 0. The van der Waals surface area contributed by atoms with Crippen LogP contribution in [0.25, 0.3) is 0 Å². The zero-order chi connectivity index (χ0) is 13.7. The molecule has 0 aliphatic carbocycles. The number of aliphatic carboxylic acids is 1. The molecule has 0 aromatic heterocycles. The van der Waals surface area contributed by atoms with E-state index in [0.717, 1.165) is 12.1 Å². The monoisotopic (exact) mass is 255 g/mol. The lowest BCUT2D eigenvalue weighted by Crippen LogP contribution is -2.17. The van der Waals surface area contributed by atoms with Gasteiger partial charge in [0.15, 0.2) is 6.61 Å². The van der Waals surface area contributed by atoms with Gasteiger partial charge in [0.25, 0.3) is 11.6 Å². The van der Waals surface area contributed by atoms with Crippen molar-refractivity contribution < 1.29 is 24.5 Å². The van der Waals surface area contributed by atoms with Crippen LogP contribution in [-0.2, 0) is 9.63 Å². The summed E-state index contributed by atoms with van der Waals surface area (Å²) in [4.78, 5) is 35.7. The predicted molar refractivity (Wildman–Crippen MR) is 58.8 cm³/mol. The van der Waals surface area contributed by atoms with Crippen LogP contribution in [0.5, 0.6) is 0 Å². The number of hydrogen-bond acceptors (Lipinski definition) is 6. The van der Waals surface area contributed by atoms with Crippen LogP contribution in [0.2, 0.25) is 0 Å². The minimum Gasteiger partial charge on any atom is -0.479 e. The van der Waals surface area contributed by atoms with Crippen molar-refractivity contribution >= 4 is 23.3 Å². The highest BCUT2D eigenvalue weighted by Gasteiger charge is 2.14. The lowest BCUT2D eigenvalue weighted by Gasteiger charge is -2.08. The molecule has 0 aliphatic heterocycles. The summed E-state index contributed by atoms with van der Waals surface area (Å²) in [6.45, 7) is -0.644. The molecule has 0 unspecified atom stereocenters. The molecule has 0 saturated heterocycles. The van der Waals surface area contributed by atoms with Crippen molar-refractivity contribution in [2.75, 3.05) is 12.1 Å². The lowest BCUT2D eigenvalue weighted by atomic mass is 10.1. The molecule has 1 aromatic carbocycles. The van der Waals surface area contributed by atoms with Crippen LogP contribution in [0, 0.1) is 10.1 Å². The largest absolute Gasteiger partial charge is 0.479 e. The van der Waals surface area contributed by atoms with Crippen LogP contribution in [-0.4, -0.2) is 28.5 Å². The van der Waals surface area contributed by atoms with Crippen molar-refractivity contribution in [3.05, 3.63) is 33.9 Å². The number of nitro groups is 1. The Labute approximate surface area is 100 Å². The number of rotatable bonds is 6. The number of carbonyl (C=O) groups excluding carboxylic acids is 1. The number of nitrogens with two attached hydrogens (primary N) is 1. The third kappa shape index (κ3) is 3.42. The molecule has 0 atom stereocenters. The first-order valence-corrected chi connectivity index (χ1v) is 4.59. The molecule has 0 bridgehead atoms. The van der Waals surface area contributed by atoms with Gasteiger partial charge < -0.3 is 10.8 Å². The zero-order valence-corrected chi connectivity index (χ0v) is 8.95. The number of primary amides is 1. The fourth-order valence-electron chi connectivity index (χ4n) is 1.11. The van der Waals surface area contributed by atoms with Crippen LogP contribution >= 0.6 is 0 Å². The number of carboxylic acid groups (broad SMARTS) is 1. The summed E-state index contributed by atoms with van der Waals surface area (Å²) in [5.41, 5.74) is 6.80. The fraction of sp³-hybridized carbons (Fsp3) is 0.111. The average molecular weight is 255 g/mol. The Balaban J connectivity index is 2.93. The van der Waals surface area contributed by atoms with Gasteiger partial charge in [-0.25, -0.2) is 4.79 Å². The normalized spacial score (nSPS) is 9.78. The van der Waals surface area contributed by atoms with Gasteiger partial charge in [0.1, 0.15) is 0 Å². The Kier molecular flexibility index (Phi) is 4.16. The van der Waals surface area contributed by atoms with E-state index in [2.05, 4.69) is 10.3 Å². The predicted octanol–water partition coefficient (Wildman–Crippen LogP) is 0.122. The van der Waals surface area contributed by atoms with Crippen LogP contribution in [0.3, 0.4) is 0 Å². The van der Waals surface area contributed by atoms with Crippen molar-refractivity contribution in [3.8, 4) is 0 Å². The molecule has 0 heterocycles. The summed E-state index contributed by atoms with van der Waals surface area (Å²) >= 11 is 0. The van der Waals surface area contributed by atoms with E-state index in [1.807, 2.05) is 0 Å². The van der Waals surface area contributed by atoms with Gasteiger partial charge in [0, 0.05) is 12.1 Å². The average Bonchev–Trinajstić information content (AvgIpc) is 2.28. The van der Waals surface area contributed by atoms with Crippen molar-refractivity contribution in [2.24, 2.45) is 5.73 Å². The van der Waals surface area contributed by atoms with E-state index in [1.54, 1.807) is 0 Å². The van der Waals surface area contributed by atoms with E-state index in [-0.39, 0.29) is 16.9 Å². The van der Waals surface area contributed by atoms with E-state index >= 15 is 0 Å². The van der Waals surface area contributed by atoms with Gasteiger partial charge in [-0.1, -0.05) is 0 Å². The maximum absolute atomic E-state index is 11.1. The Hall–Kier alpha value is -2.68. The third-order valence-corrected chi connectivity index (χ3v) is 1.86. The summed E-state index contributed by atoms with van der Waals surface area (Å²) in [5, 5.41) is 18.9. The third-order valence-electron chi connectivity index (χ3n) is 1.86. The number of hydrogen-bond donors (Lipinski definition) is 3. The lowest BCUT2D eigenvalue weighted by molar-refractivity contribution is -0.384. The first-order chi connectivity index (χ1) is 8.41. The van der Waals surface area contributed by atoms with Crippen molar-refractivity contribution in [2.45, 2.75) is 0 Å². The van der Waals surface area contributed by atoms with E-state index in [4.69, 9.17) is 10.8 Å².